The van der Waals surface area contributed by atoms with Crippen LogP contribution in [0.4, 0.5) is 4.39 Å². The third-order valence-corrected chi connectivity index (χ3v) is 4.70. The number of aromatic nitrogens is 4. The van der Waals surface area contributed by atoms with Crippen molar-refractivity contribution in [2.75, 3.05) is 0 Å². The van der Waals surface area contributed by atoms with Crippen molar-refractivity contribution in [1.82, 2.24) is 30.6 Å². The molecule has 0 spiro atoms. The lowest BCUT2D eigenvalue weighted by Crippen LogP contribution is -2.42. The molecule has 2 N–H and O–H groups in total. The van der Waals surface area contributed by atoms with E-state index < -0.39 is 11.8 Å². The minimum absolute atomic E-state index is 0.149. The largest absolute Gasteiger partial charge is 0.309 e. The van der Waals surface area contributed by atoms with Crippen LogP contribution in [-0.4, -0.2) is 31.6 Å². The Kier molecular flexibility index (Phi) is 5.08. The fourth-order valence-corrected chi connectivity index (χ4v) is 3.17. The van der Waals surface area contributed by atoms with Gasteiger partial charge in [0.05, 0.1) is 16.1 Å². The molecule has 29 heavy (non-hydrogen) atoms. The number of nitrogens with one attached hydrogen (secondary N) is 2. The predicted octanol–water partition coefficient (Wildman–Crippen LogP) is 2.60. The number of hydrogen-bond acceptors (Lipinski definition) is 6. The number of pyridine rings is 1. The molecule has 8 nitrogen and oxygen atoms in total. The van der Waals surface area contributed by atoms with Gasteiger partial charge in [-0.2, -0.15) is 0 Å². The van der Waals surface area contributed by atoms with Crippen LogP contribution in [0.2, 0.25) is 0 Å². The van der Waals surface area contributed by atoms with Crippen molar-refractivity contribution in [2.24, 2.45) is 0 Å². The van der Waals surface area contributed by atoms with Crippen LogP contribution in [0, 0.1) is 5.82 Å². The Morgan fingerprint density at radius 2 is 1.79 bits per heavy atom. The van der Waals surface area contributed by atoms with Gasteiger partial charge in [-0.15, -0.1) is 16.4 Å². The zero-order chi connectivity index (χ0) is 20.2. The van der Waals surface area contributed by atoms with Gasteiger partial charge < -0.3 is 0 Å². The van der Waals surface area contributed by atoms with Gasteiger partial charge in [0.2, 0.25) is 5.82 Å². The van der Waals surface area contributed by atoms with E-state index in [1.165, 1.54) is 52.7 Å². The third kappa shape index (κ3) is 4.01. The van der Waals surface area contributed by atoms with Crippen molar-refractivity contribution in [2.45, 2.75) is 0 Å². The third-order valence-electron chi connectivity index (χ3n) is 3.84. The van der Waals surface area contributed by atoms with Gasteiger partial charge >= 0.3 is 5.91 Å². The van der Waals surface area contributed by atoms with Crippen molar-refractivity contribution >= 4 is 23.2 Å². The summed E-state index contributed by atoms with van der Waals surface area (Å²) in [5, 5.41) is 6.10. The molecule has 0 saturated heterocycles. The number of rotatable bonds is 4. The summed E-state index contributed by atoms with van der Waals surface area (Å²) in [4.78, 5) is 33.4. The Morgan fingerprint density at radius 1 is 1.00 bits per heavy atom. The Hall–Kier alpha value is -3.92. The second-order valence-corrected chi connectivity index (χ2v) is 6.72. The zero-order valence-electron chi connectivity index (χ0n) is 14.7. The van der Waals surface area contributed by atoms with Crippen LogP contribution in [0.15, 0.2) is 66.3 Å². The van der Waals surface area contributed by atoms with Crippen molar-refractivity contribution in [3.05, 3.63) is 83.5 Å². The quantitative estimate of drug-likeness (QED) is 0.506. The second kappa shape index (κ2) is 7.98. The first kappa shape index (κ1) is 18.4. The van der Waals surface area contributed by atoms with E-state index >= 15 is 0 Å². The molecule has 0 radical (unpaired) electrons. The molecule has 3 heterocycles. The van der Waals surface area contributed by atoms with Gasteiger partial charge in [0.25, 0.3) is 5.91 Å². The lowest BCUT2D eigenvalue weighted by molar-refractivity contribution is 0.0841. The highest BCUT2D eigenvalue weighted by Gasteiger charge is 2.20. The summed E-state index contributed by atoms with van der Waals surface area (Å²) < 4.78 is 14.7. The number of hydrazine groups is 1. The Balaban J connectivity index is 1.59. The first-order valence-corrected chi connectivity index (χ1v) is 9.27. The van der Waals surface area contributed by atoms with Crippen LogP contribution >= 0.6 is 11.3 Å². The Labute approximate surface area is 168 Å². The average Bonchev–Trinajstić information content (AvgIpc) is 3.43. The number of thiophene rings is 1. The fourth-order valence-electron chi connectivity index (χ4n) is 2.47. The van der Waals surface area contributed by atoms with Crippen molar-refractivity contribution in [1.29, 1.82) is 0 Å². The Bertz CT molecular complexity index is 1140. The SMILES string of the molecule is O=C(NNC(=O)c1nc(-c2cccs2)n(-c2ccc(F)cc2)n1)c1cccnc1. The van der Waals surface area contributed by atoms with E-state index in [4.69, 9.17) is 0 Å². The highest BCUT2D eigenvalue weighted by atomic mass is 32.1. The summed E-state index contributed by atoms with van der Waals surface area (Å²) in [6.45, 7) is 0. The lowest BCUT2D eigenvalue weighted by Gasteiger charge is -2.05. The number of nitrogens with zero attached hydrogens (tertiary/aromatic N) is 4. The molecule has 1 aromatic carbocycles. The molecule has 0 atom stereocenters. The molecule has 2 amide bonds. The van der Waals surface area contributed by atoms with Crippen LogP contribution in [-0.2, 0) is 0 Å². The summed E-state index contributed by atoms with van der Waals surface area (Å²) in [5.74, 6) is -1.33. The van der Waals surface area contributed by atoms with E-state index in [1.54, 1.807) is 12.1 Å². The maximum Gasteiger partial charge on any atom is 0.309 e. The van der Waals surface area contributed by atoms with Crippen LogP contribution in [0.25, 0.3) is 16.4 Å². The van der Waals surface area contributed by atoms with E-state index in [2.05, 4.69) is 25.9 Å². The number of halogens is 1. The van der Waals surface area contributed by atoms with Crippen molar-refractivity contribution in [3.8, 4) is 16.4 Å². The van der Waals surface area contributed by atoms with Crippen LogP contribution in [0.5, 0.6) is 0 Å². The first-order valence-electron chi connectivity index (χ1n) is 8.39. The molecule has 4 aromatic rings. The van der Waals surface area contributed by atoms with Gasteiger partial charge in [-0.25, -0.2) is 14.1 Å². The topological polar surface area (TPSA) is 102 Å². The summed E-state index contributed by atoms with van der Waals surface area (Å²) in [5.41, 5.74) is 5.41. The van der Waals surface area contributed by atoms with Gasteiger partial charge in [0.1, 0.15) is 5.82 Å². The summed E-state index contributed by atoms with van der Waals surface area (Å²) >= 11 is 1.42. The molecular formula is C19H13FN6O2S. The van der Waals surface area contributed by atoms with Gasteiger partial charge in [0, 0.05) is 12.4 Å². The molecule has 0 bridgehead atoms. The fraction of sp³-hybridized carbons (Fsp3) is 0. The molecule has 0 aliphatic heterocycles. The molecule has 144 valence electrons. The Morgan fingerprint density at radius 3 is 2.48 bits per heavy atom. The highest BCUT2D eigenvalue weighted by Crippen LogP contribution is 2.25. The van der Waals surface area contributed by atoms with Crippen LogP contribution in [0.3, 0.4) is 0 Å². The number of amides is 2. The minimum Gasteiger partial charge on any atom is -0.267 e. The van der Waals surface area contributed by atoms with Crippen molar-refractivity contribution < 1.29 is 14.0 Å². The molecule has 0 saturated carbocycles. The maximum absolute atomic E-state index is 13.3. The van der Waals surface area contributed by atoms with Crippen molar-refractivity contribution in [3.63, 3.8) is 0 Å². The van der Waals surface area contributed by atoms with Gasteiger partial charge in [-0.1, -0.05) is 6.07 Å². The number of hydrogen-bond donors (Lipinski definition) is 2. The maximum atomic E-state index is 13.3. The number of carbonyl (C=O) groups excluding carboxylic acids is 2. The van der Waals surface area contributed by atoms with Gasteiger partial charge in [0.15, 0.2) is 5.82 Å². The lowest BCUT2D eigenvalue weighted by atomic mass is 10.3. The van der Waals surface area contributed by atoms with Crippen LogP contribution < -0.4 is 10.9 Å². The second-order valence-electron chi connectivity index (χ2n) is 5.77. The summed E-state index contributed by atoms with van der Waals surface area (Å²) in [6.07, 6.45) is 2.91. The zero-order valence-corrected chi connectivity index (χ0v) is 15.6. The van der Waals surface area contributed by atoms with E-state index in [9.17, 15) is 14.0 Å². The van der Waals surface area contributed by atoms with Gasteiger partial charge in [-0.05, 0) is 47.8 Å². The summed E-state index contributed by atoms with van der Waals surface area (Å²) in [6, 6.07) is 12.5. The highest BCUT2D eigenvalue weighted by molar-refractivity contribution is 7.13. The van der Waals surface area contributed by atoms with E-state index in [1.807, 2.05) is 17.5 Å². The standard InChI is InChI=1S/C19H13FN6O2S/c20-13-5-7-14(8-6-13)26-17(15-4-2-10-29-15)22-16(25-26)19(28)24-23-18(27)12-3-1-9-21-11-12/h1-11H,(H,23,27)(H,24,28). The molecule has 4 rings (SSSR count). The smallest absolute Gasteiger partial charge is 0.267 e. The van der Waals surface area contributed by atoms with Crippen LogP contribution in [0.1, 0.15) is 21.0 Å². The van der Waals surface area contributed by atoms with Gasteiger partial charge in [-0.3, -0.25) is 25.4 Å². The monoisotopic (exact) mass is 408 g/mol. The predicted molar refractivity (Wildman–Crippen MR) is 104 cm³/mol. The normalized spacial score (nSPS) is 10.5. The van der Waals surface area contributed by atoms with E-state index in [-0.39, 0.29) is 17.2 Å². The average molecular weight is 408 g/mol. The van der Waals surface area contributed by atoms with E-state index in [0.717, 1.165) is 4.88 Å². The molecule has 3 aromatic heterocycles. The number of benzene rings is 1. The molecule has 0 unspecified atom stereocenters. The molecule has 0 aliphatic rings. The molecule has 0 fully saturated rings. The first-order chi connectivity index (χ1) is 14.1. The van der Waals surface area contributed by atoms with E-state index in [0.29, 0.717) is 11.5 Å². The molecule has 10 heteroatoms. The number of carbonyl (C=O) groups is 2. The minimum atomic E-state index is -0.694. The molecule has 0 aliphatic carbocycles. The molecular weight excluding hydrogens is 395 g/mol. The summed E-state index contributed by atoms with van der Waals surface area (Å²) in [7, 11) is 0.